The molecule has 0 aliphatic carbocycles. The fourth-order valence-corrected chi connectivity index (χ4v) is 2.17. The van der Waals surface area contributed by atoms with Gasteiger partial charge in [-0.2, -0.15) is 0 Å². The van der Waals surface area contributed by atoms with Crippen LogP contribution in [0.15, 0.2) is 42.5 Å². The Kier molecular flexibility index (Phi) is 3.48. The molecule has 1 nitrogen and oxygen atoms in total. The SMILES string of the molecule is CCc1cc(O)c(CC)c(-c2ccccc2)c1. The molecular formula is C16H18O. The van der Waals surface area contributed by atoms with Crippen molar-refractivity contribution >= 4 is 0 Å². The van der Waals surface area contributed by atoms with Gasteiger partial charge in [0.1, 0.15) is 5.75 Å². The first kappa shape index (κ1) is 11.7. The monoisotopic (exact) mass is 226 g/mol. The van der Waals surface area contributed by atoms with Crippen LogP contribution in [0.1, 0.15) is 25.0 Å². The minimum absolute atomic E-state index is 0.422. The van der Waals surface area contributed by atoms with Crippen molar-refractivity contribution in [3.8, 4) is 16.9 Å². The van der Waals surface area contributed by atoms with Gasteiger partial charge in [0.2, 0.25) is 0 Å². The van der Waals surface area contributed by atoms with Crippen molar-refractivity contribution in [2.45, 2.75) is 26.7 Å². The molecule has 0 radical (unpaired) electrons. The lowest BCUT2D eigenvalue weighted by molar-refractivity contribution is 0.468. The average Bonchev–Trinajstić information content (AvgIpc) is 2.38. The van der Waals surface area contributed by atoms with Crippen molar-refractivity contribution in [2.75, 3.05) is 0 Å². The molecule has 0 bridgehead atoms. The summed E-state index contributed by atoms with van der Waals surface area (Å²) in [7, 11) is 0. The van der Waals surface area contributed by atoms with Gasteiger partial charge in [0.15, 0.2) is 0 Å². The topological polar surface area (TPSA) is 20.2 Å². The van der Waals surface area contributed by atoms with Gasteiger partial charge in [0.05, 0.1) is 0 Å². The summed E-state index contributed by atoms with van der Waals surface area (Å²) >= 11 is 0. The molecule has 2 rings (SSSR count). The Labute approximate surface area is 103 Å². The van der Waals surface area contributed by atoms with Crippen LogP contribution >= 0.6 is 0 Å². The molecule has 0 unspecified atom stereocenters. The summed E-state index contributed by atoms with van der Waals surface area (Å²) in [4.78, 5) is 0. The van der Waals surface area contributed by atoms with Crippen molar-refractivity contribution in [3.05, 3.63) is 53.6 Å². The fraction of sp³-hybridized carbons (Fsp3) is 0.250. The number of rotatable bonds is 3. The molecule has 1 heteroatoms. The highest BCUT2D eigenvalue weighted by atomic mass is 16.3. The summed E-state index contributed by atoms with van der Waals surface area (Å²) in [5.74, 6) is 0.422. The summed E-state index contributed by atoms with van der Waals surface area (Å²) < 4.78 is 0. The molecule has 0 aliphatic heterocycles. The Bertz CT molecular complexity index is 500. The Morgan fingerprint density at radius 3 is 2.24 bits per heavy atom. The number of hydrogen-bond donors (Lipinski definition) is 1. The smallest absolute Gasteiger partial charge is 0.119 e. The van der Waals surface area contributed by atoms with Gasteiger partial charge in [-0.25, -0.2) is 0 Å². The van der Waals surface area contributed by atoms with Gasteiger partial charge in [0.25, 0.3) is 0 Å². The number of phenols is 1. The molecule has 88 valence electrons. The van der Waals surface area contributed by atoms with Crippen LogP contribution in [-0.2, 0) is 12.8 Å². The normalized spacial score (nSPS) is 10.5. The average molecular weight is 226 g/mol. The molecule has 2 aromatic rings. The Morgan fingerprint density at radius 2 is 1.65 bits per heavy atom. The molecule has 1 N–H and O–H groups in total. The van der Waals surface area contributed by atoms with Crippen LogP contribution in [0.25, 0.3) is 11.1 Å². The lowest BCUT2D eigenvalue weighted by Crippen LogP contribution is -1.92. The summed E-state index contributed by atoms with van der Waals surface area (Å²) in [5, 5.41) is 10.1. The largest absolute Gasteiger partial charge is 0.508 e. The highest BCUT2D eigenvalue weighted by Gasteiger charge is 2.09. The van der Waals surface area contributed by atoms with E-state index >= 15 is 0 Å². The van der Waals surface area contributed by atoms with Crippen LogP contribution in [0.2, 0.25) is 0 Å². The molecule has 2 aromatic carbocycles. The maximum Gasteiger partial charge on any atom is 0.119 e. The Balaban J connectivity index is 2.62. The van der Waals surface area contributed by atoms with Crippen molar-refractivity contribution in [3.63, 3.8) is 0 Å². The number of hydrogen-bond acceptors (Lipinski definition) is 1. The molecule has 0 fully saturated rings. The van der Waals surface area contributed by atoms with Gasteiger partial charge in [0, 0.05) is 5.56 Å². The van der Waals surface area contributed by atoms with Crippen molar-refractivity contribution in [2.24, 2.45) is 0 Å². The molecule has 0 saturated carbocycles. The lowest BCUT2D eigenvalue weighted by atomic mass is 9.94. The van der Waals surface area contributed by atoms with Crippen LogP contribution in [-0.4, -0.2) is 5.11 Å². The van der Waals surface area contributed by atoms with E-state index < -0.39 is 0 Å². The van der Waals surface area contributed by atoms with Gasteiger partial charge >= 0.3 is 0 Å². The van der Waals surface area contributed by atoms with Crippen LogP contribution in [0.3, 0.4) is 0 Å². The van der Waals surface area contributed by atoms with Gasteiger partial charge < -0.3 is 5.11 Å². The van der Waals surface area contributed by atoms with Crippen molar-refractivity contribution < 1.29 is 5.11 Å². The third kappa shape index (κ3) is 2.33. The van der Waals surface area contributed by atoms with Crippen molar-refractivity contribution in [1.82, 2.24) is 0 Å². The zero-order valence-electron chi connectivity index (χ0n) is 10.4. The molecule has 0 atom stereocenters. The fourth-order valence-electron chi connectivity index (χ4n) is 2.17. The van der Waals surface area contributed by atoms with E-state index in [1.165, 1.54) is 11.1 Å². The zero-order valence-corrected chi connectivity index (χ0v) is 10.4. The summed E-state index contributed by atoms with van der Waals surface area (Å²) in [6, 6.07) is 14.3. The van der Waals surface area contributed by atoms with E-state index in [4.69, 9.17) is 0 Å². The summed E-state index contributed by atoms with van der Waals surface area (Å²) in [6.07, 6.45) is 1.79. The molecule has 0 heterocycles. The predicted molar refractivity (Wildman–Crippen MR) is 72.3 cm³/mol. The Morgan fingerprint density at radius 1 is 0.941 bits per heavy atom. The van der Waals surface area contributed by atoms with E-state index in [2.05, 4.69) is 32.0 Å². The van der Waals surface area contributed by atoms with E-state index in [9.17, 15) is 5.11 Å². The third-order valence-corrected chi connectivity index (χ3v) is 3.13. The number of benzene rings is 2. The summed E-state index contributed by atoms with van der Waals surface area (Å²) in [5.41, 5.74) is 4.55. The highest BCUT2D eigenvalue weighted by molar-refractivity contribution is 5.71. The van der Waals surface area contributed by atoms with Crippen molar-refractivity contribution in [1.29, 1.82) is 0 Å². The van der Waals surface area contributed by atoms with Gasteiger partial charge in [-0.1, -0.05) is 50.2 Å². The van der Waals surface area contributed by atoms with E-state index in [0.717, 1.165) is 24.0 Å². The van der Waals surface area contributed by atoms with E-state index in [1.807, 2.05) is 24.3 Å². The quantitative estimate of drug-likeness (QED) is 0.832. The number of aryl methyl sites for hydroxylation is 1. The van der Waals surface area contributed by atoms with E-state index in [-0.39, 0.29) is 0 Å². The molecule has 0 aromatic heterocycles. The second kappa shape index (κ2) is 5.05. The lowest BCUT2D eigenvalue weighted by Gasteiger charge is -2.12. The molecule has 0 spiro atoms. The first-order chi connectivity index (χ1) is 8.26. The number of phenolic OH excluding ortho intramolecular Hbond substituents is 1. The van der Waals surface area contributed by atoms with E-state index in [0.29, 0.717) is 5.75 Å². The van der Waals surface area contributed by atoms with Crippen LogP contribution < -0.4 is 0 Å². The molecule has 0 amide bonds. The molecule has 0 saturated heterocycles. The van der Waals surface area contributed by atoms with Crippen LogP contribution in [0, 0.1) is 0 Å². The predicted octanol–water partition coefficient (Wildman–Crippen LogP) is 4.18. The van der Waals surface area contributed by atoms with Crippen LogP contribution in [0.4, 0.5) is 0 Å². The van der Waals surface area contributed by atoms with Gasteiger partial charge in [-0.05, 0) is 35.6 Å². The minimum Gasteiger partial charge on any atom is -0.508 e. The summed E-state index contributed by atoms with van der Waals surface area (Å²) in [6.45, 7) is 4.18. The number of aromatic hydroxyl groups is 1. The van der Waals surface area contributed by atoms with Gasteiger partial charge in [-0.15, -0.1) is 0 Å². The molecule has 17 heavy (non-hydrogen) atoms. The van der Waals surface area contributed by atoms with E-state index in [1.54, 1.807) is 0 Å². The standard InChI is InChI=1S/C16H18O/c1-3-12-10-15(13-8-6-5-7-9-13)14(4-2)16(17)11-12/h5-11,17H,3-4H2,1-2H3. The second-order valence-electron chi connectivity index (χ2n) is 4.21. The maximum absolute atomic E-state index is 10.1. The Hall–Kier alpha value is -1.76. The second-order valence-corrected chi connectivity index (χ2v) is 4.21. The molecule has 0 aliphatic rings. The third-order valence-electron chi connectivity index (χ3n) is 3.13. The first-order valence-corrected chi connectivity index (χ1v) is 6.16. The molecular weight excluding hydrogens is 208 g/mol. The highest BCUT2D eigenvalue weighted by Crippen LogP contribution is 2.32. The zero-order chi connectivity index (χ0) is 12.3. The first-order valence-electron chi connectivity index (χ1n) is 6.16. The maximum atomic E-state index is 10.1. The minimum atomic E-state index is 0.422. The van der Waals surface area contributed by atoms with Crippen LogP contribution in [0.5, 0.6) is 5.75 Å². The van der Waals surface area contributed by atoms with Gasteiger partial charge in [-0.3, -0.25) is 0 Å².